The molecule has 1 aliphatic rings. The molecule has 0 saturated carbocycles. The van der Waals surface area contributed by atoms with Gasteiger partial charge < -0.3 is 29.2 Å². The standard InChI is InChI=1S/C44H50N2O7/c1-50-39-28-35(29-40(51-2)42(39)52-3)41(47)44(49)46-31-37(53-27-15-24-34-20-11-6-12-21-34)30-38(46)43(48)45-36(25-13-22-32-16-7-4-8-17-32)26-14-23-33-18-9-5-10-19-33/h4-12,15-21,24,28-29,36-38H,13-14,22-23,25-27,30-31H2,1-3H3,(H,45,48)/b24-15+/t37-,38?/m1/s1. The molecule has 2 amide bonds. The largest absolute Gasteiger partial charge is 0.493 e. The van der Waals surface area contributed by atoms with Crippen molar-refractivity contribution in [2.45, 2.75) is 63.1 Å². The molecule has 4 aromatic rings. The fourth-order valence-electron chi connectivity index (χ4n) is 6.78. The van der Waals surface area contributed by atoms with Gasteiger partial charge in [0.1, 0.15) is 6.04 Å². The Morgan fingerprint density at radius 1 is 0.774 bits per heavy atom. The first-order chi connectivity index (χ1) is 25.9. The molecule has 0 aliphatic carbocycles. The summed E-state index contributed by atoms with van der Waals surface area (Å²) in [5, 5.41) is 3.29. The zero-order valence-corrected chi connectivity index (χ0v) is 30.9. The maximum absolute atomic E-state index is 14.2. The van der Waals surface area contributed by atoms with Gasteiger partial charge in [-0.25, -0.2) is 0 Å². The Balaban J connectivity index is 1.33. The smallest absolute Gasteiger partial charge is 0.295 e. The van der Waals surface area contributed by atoms with Crippen molar-refractivity contribution in [1.29, 1.82) is 0 Å². The number of methoxy groups -OCH3 is 3. The maximum atomic E-state index is 14.2. The minimum absolute atomic E-state index is 0.0681. The summed E-state index contributed by atoms with van der Waals surface area (Å²) < 4.78 is 22.4. The fourth-order valence-corrected chi connectivity index (χ4v) is 6.78. The van der Waals surface area contributed by atoms with E-state index < -0.39 is 23.8 Å². The van der Waals surface area contributed by atoms with Gasteiger partial charge in [0.15, 0.2) is 11.5 Å². The van der Waals surface area contributed by atoms with E-state index in [1.165, 1.54) is 49.5 Å². The second kappa shape index (κ2) is 20.0. The minimum Gasteiger partial charge on any atom is -0.493 e. The van der Waals surface area contributed by atoms with Gasteiger partial charge in [0.05, 0.1) is 34.0 Å². The van der Waals surface area contributed by atoms with Crippen LogP contribution >= 0.6 is 0 Å². The summed E-state index contributed by atoms with van der Waals surface area (Å²) in [6.45, 7) is 0.386. The van der Waals surface area contributed by atoms with Gasteiger partial charge in [0, 0.05) is 24.6 Å². The van der Waals surface area contributed by atoms with Crippen molar-refractivity contribution >= 4 is 23.7 Å². The van der Waals surface area contributed by atoms with Crippen LogP contribution in [-0.4, -0.2) is 75.2 Å². The van der Waals surface area contributed by atoms with Gasteiger partial charge in [0.2, 0.25) is 11.7 Å². The van der Waals surface area contributed by atoms with Crippen molar-refractivity contribution in [3.63, 3.8) is 0 Å². The Kier molecular flexibility index (Phi) is 14.6. The molecular weight excluding hydrogens is 668 g/mol. The molecule has 4 aromatic carbocycles. The number of hydrogen-bond acceptors (Lipinski definition) is 7. The zero-order chi connectivity index (χ0) is 37.4. The van der Waals surface area contributed by atoms with E-state index in [0.29, 0.717) is 12.4 Å². The van der Waals surface area contributed by atoms with E-state index in [1.54, 1.807) is 0 Å². The summed E-state index contributed by atoms with van der Waals surface area (Å²) in [6, 6.07) is 32.4. The normalized spacial score (nSPS) is 15.4. The molecule has 0 spiro atoms. The van der Waals surface area contributed by atoms with Crippen LogP contribution in [0.2, 0.25) is 0 Å². The summed E-state index contributed by atoms with van der Waals surface area (Å²) in [6.07, 6.45) is 8.84. The third-order valence-electron chi connectivity index (χ3n) is 9.55. The third-order valence-corrected chi connectivity index (χ3v) is 9.55. The highest BCUT2D eigenvalue weighted by molar-refractivity contribution is 6.43. The summed E-state index contributed by atoms with van der Waals surface area (Å²) >= 11 is 0. The number of nitrogens with one attached hydrogen (secondary N) is 1. The van der Waals surface area contributed by atoms with E-state index in [1.807, 2.05) is 78.9 Å². The van der Waals surface area contributed by atoms with E-state index in [4.69, 9.17) is 18.9 Å². The van der Waals surface area contributed by atoms with Crippen molar-refractivity contribution in [3.05, 3.63) is 131 Å². The Morgan fingerprint density at radius 2 is 1.32 bits per heavy atom. The van der Waals surface area contributed by atoms with Crippen molar-refractivity contribution in [3.8, 4) is 17.2 Å². The molecule has 9 heteroatoms. The molecule has 5 rings (SSSR count). The highest BCUT2D eigenvalue weighted by Crippen LogP contribution is 2.38. The van der Waals surface area contributed by atoms with Crippen molar-refractivity contribution < 1.29 is 33.3 Å². The average molecular weight is 719 g/mol. The van der Waals surface area contributed by atoms with E-state index in [2.05, 4.69) is 29.6 Å². The lowest BCUT2D eigenvalue weighted by Crippen LogP contribution is -2.50. The Bertz CT molecular complexity index is 1730. The number of likely N-dealkylation sites (tertiary alicyclic amines) is 1. The minimum atomic E-state index is -0.887. The van der Waals surface area contributed by atoms with E-state index in [9.17, 15) is 14.4 Å². The lowest BCUT2D eigenvalue weighted by Gasteiger charge is -2.26. The molecule has 1 aliphatic heterocycles. The monoisotopic (exact) mass is 718 g/mol. The van der Waals surface area contributed by atoms with Crippen LogP contribution in [0, 0.1) is 0 Å². The number of nitrogens with zero attached hydrogens (tertiary/aromatic N) is 1. The van der Waals surface area contributed by atoms with Crippen molar-refractivity contribution in [2.75, 3.05) is 34.5 Å². The molecule has 278 valence electrons. The predicted molar refractivity (Wildman–Crippen MR) is 206 cm³/mol. The highest BCUT2D eigenvalue weighted by atomic mass is 16.5. The summed E-state index contributed by atoms with van der Waals surface area (Å²) in [5.41, 5.74) is 3.61. The van der Waals surface area contributed by atoms with Crippen LogP contribution in [0.15, 0.2) is 109 Å². The van der Waals surface area contributed by atoms with Crippen LogP contribution in [0.1, 0.15) is 59.2 Å². The van der Waals surface area contributed by atoms with Gasteiger partial charge in [-0.1, -0.05) is 103 Å². The number of carbonyl (C=O) groups excluding carboxylic acids is 3. The van der Waals surface area contributed by atoms with E-state index in [-0.39, 0.29) is 42.0 Å². The number of hydrogen-bond donors (Lipinski definition) is 1. The lowest BCUT2D eigenvalue weighted by molar-refractivity contribution is -0.135. The van der Waals surface area contributed by atoms with Crippen molar-refractivity contribution in [2.24, 2.45) is 0 Å². The first-order valence-electron chi connectivity index (χ1n) is 18.3. The molecular formula is C44H50N2O7. The summed E-state index contributed by atoms with van der Waals surface area (Å²) in [7, 11) is 4.35. The van der Waals surface area contributed by atoms with Crippen LogP contribution in [-0.2, 0) is 27.2 Å². The SMILES string of the molecule is COc1cc(C(=O)C(=O)N2C[C@H](OC/C=C/c3ccccc3)CC2C(=O)NC(CCCc2ccccc2)CCCc2ccccc2)cc(OC)c1OC. The first-order valence-corrected chi connectivity index (χ1v) is 18.3. The number of ether oxygens (including phenoxy) is 4. The third kappa shape index (κ3) is 11.0. The Morgan fingerprint density at radius 3 is 1.85 bits per heavy atom. The second-order valence-electron chi connectivity index (χ2n) is 13.2. The predicted octanol–water partition coefficient (Wildman–Crippen LogP) is 7.13. The van der Waals surface area contributed by atoms with Gasteiger partial charge in [-0.15, -0.1) is 0 Å². The number of aryl methyl sites for hydroxylation is 2. The first kappa shape index (κ1) is 38.8. The van der Waals surface area contributed by atoms with E-state index >= 15 is 0 Å². The molecule has 1 saturated heterocycles. The molecule has 1 N–H and O–H groups in total. The van der Waals surface area contributed by atoms with Gasteiger partial charge in [-0.3, -0.25) is 14.4 Å². The molecule has 0 bridgehead atoms. The average Bonchev–Trinajstić information content (AvgIpc) is 3.64. The summed E-state index contributed by atoms with van der Waals surface area (Å²) in [4.78, 5) is 43.4. The van der Waals surface area contributed by atoms with Gasteiger partial charge in [0.25, 0.3) is 11.7 Å². The fraction of sp³-hybridized carbons (Fsp3) is 0.341. The van der Waals surface area contributed by atoms with Crippen LogP contribution in [0.25, 0.3) is 6.08 Å². The van der Waals surface area contributed by atoms with Gasteiger partial charge >= 0.3 is 0 Å². The second-order valence-corrected chi connectivity index (χ2v) is 13.2. The Labute approximate surface area is 312 Å². The van der Waals surface area contributed by atoms with Crippen LogP contribution < -0.4 is 19.5 Å². The number of Topliss-reactive ketones (excluding diaryl/α,β-unsaturated/α-hetero) is 1. The van der Waals surface area contributed by atoms with Crippen molar-refractivity contribution in [1.82, 2.24) is 10.2 Å². The summed E-state index contributed by atoms with van der Waals surface area (Å²) in [5.74, 6) is -1.06. The van der Waals surface area contributed by atoms with Crippen LogP contribution in [0.3, 0.4) is 0 Å². The van der Waals surface area contributed by atoms with Gasteiger partial charge in [-0.05, 0) is 67.3 Å². The quantitative estimate of drug-likeness (QED) is 0.0814. The number of benzene rings is 4. The number of rotatable bonds is 19. The zero-order valence-electron chi connectivity index (χ0n) is 30.9. The molecule has 1 fully saturated rings. The molecule has 0 radical (unpaired) electrons. The number of ketones is 1. The highest BCUT2D eigenvalue weighted by Gasteiger charge is 2.43. The molecule has 1 heterocycles. The van der Waals surface area contributed by atoms with Crippen LogP contribution in [0.4, 0.5) is 0 Å². The number of amides is 2. The lowest BCUT2D eigenvalue weighted by atomic mass is 9.98. The Hall–Kier alpha value is -5.41. The topological polar surface area (TPSA) is 103 Å². The molecule has 1 unspecified atom stereocenters. The van der Waals surface area contributed by atoms with Crippen LogP contribution in [0.5, 0.6) is 17.2 Å². The molecule has 0 aromatic heterocycles. The van der Waals surface area contributed by atoms with Gasteiger partial charge in [-0.2, -0.15) is 0 Å². The molecule has 2 atom stereocenters. The maximum Gasteiger partial charge on any atom is 0.295 e. The number of carbonyl (C=O) groups is 3. The molecule has 9 nitrogen and oxygen atoms in total. The molecule has 53 heavy (non-hydrogen) atoms. The van der Waals surface area contributed by atoms with E-state index in [0.717, 1.165) is 44.1 Å².